The summed E-state index contributed by atoms with van der Waals surface area (Å²) in [6.07, 6.45) is 1.50. The Hall–Kier alpha value is -2.18. The zero-order chi connectivity index (χ0) is 15.2. The van der Waals surface area contributed by atoms with Crippen LogP contribution < -0.4 is 10.6 Å². The second-order valence-corrected chi connectivity index (χ2v) is 4.75. The van der Waals surface area contributed by atoms with E-state index < -0.39 is 0 Å². The lowest BCUT2D eigenvalue weighted by molar-refractivity contribution is 0.387. The number of aryl methyl sites for hydroxylation is 2. The van der Waals surface area contributed by atoms with E-state index in [-0.39, 0.29) is 0 Å². The molecule has 0 bridgehead atoms. The molecule has 0 aliphatic rings. The van der Waals surface area contributed by atoms with Gasteiger partial charge in [-0.2, -0.15) is 4.98 Å². The van der Waals surface area contributed by atoms with Gasteiger partial charge >= 0.3 is 0 Å². The number of rotatable bonds is 7. The van der Waals surface area contributed by atoms with Crippen LogP contribution in [0.3, 0.4) is 0 Å². The maximum atomic E-state index is 4.95. The minimum Gasteiger partial charge on any atom is -0.370 e. The van der Waals surface area contributed by atoms with Crippen LogP contribution in [0.4, 0.5) is 11.6 Å². The summed E-state index contributed by atoms with van der Waals surface area (Å²) in [7, 11) is 0. The Bertz CT molecular complexity index is 595. The highest BCUT2D eigenvalue weighted by Gasteiger charge is 2.10. The molecule has 0 aliphatic carbocycles. The van der Waals surface area contributed by atoms with Crippen molar-refractivity contribution in [2.45, 2.75) is 40.5 Å². The van der Waals surface area contributed by atoms with Crippen molar-refractivity contribution >= 4 is 11.6 Å². The van der Waals surface area contributed by atoms with Crippen LogP contribution in [-0.2, 0) is 12.8 Å². The maximum Gasteiger partial charge on any atom is 0.223 e. The molecule has 7 nitrogen and oxygen atoms in total. The van der Waals surface area contributed by atoms with Crippen LogP contribution in [0.15, 0.2) is 4.52 Å². The Balaban J connectivity index is 2.05. The molecular formula is C14H22N6O. The Kier molecular flexibility index (Phi) is 5.08. The van der Waals surface area contributed by atoms with E-state index in [1.165, 1.54) is 0 Å². The molecule has 114 valence electrons. The van der Waals surface area contributed by atoms with Crippen molar-refractivity contribution in [3.63, 3.8) is 0 Å². The molecule has 2 heterocycles. The molecule has 2 aromatic rings. The molecule has 7 heteroatoms. The van der Waals surface area contributed by atoms with Gasteiger partial charge in [-0.05, 0) is 13.8 Å². The molecule has 2 N–H and O–H groups in total. The fourth-order valence-electron chi connectivity index (χ4n) is 1.97. The van der Waals surface area contributed by atoms with Gasteiger partial charge in [0.2, 0.25) is 5.89 Å². The molecule has 0 amide bonds. The van der Waals surface area contributed by atoms with Crippen molar-refractivity contribution in [3.8, 4) is 0 Å². The van der Waals surface area contributed by atoms with Crippen LogP contribution in [0.2, 0.25) is 0 Å². The quantitative estimate of drug-likeness (QED) is 0.807. The van der Waals surface area contributed by atoms with Gasteiger partial charge in [-0.3, -0.25) is 0 Å². The molecule has 21 heavy (non-hydrogen) atoms. The van der Waals surface area contributed by atoms with Gasteiger partial charge in [-0.25, -0.2) is 9.97 Å². The Morgan fingerprint density at radius 1 is 0.952 bits per heavy atom. The predicted octanol–water partition coefficient (Wildman–Crippen LogP) is 2.13. The van der Waals surface area contributed by atoms with E-state index >= 15 is 0 Å². The highest BCUT2D eigenvalue weighted by molar-refractivity contribution is 5.57. The Morgan fingerprint density at radius 2 is 1.67 bits per heavy atom. The van der Waals surface area contributed by atoms with Crippen LogP contribution in [0, 0.1) is 13.8 Å². The van der Waals surface area contributed by atoms with Crippen molar-refractivity contribution in [2.75, 3.05) is 23.7 Å². The summed E-state index contributed by atoms with van der Waals surface area (Å²) in [4.78, 5) is 13.2. The van der Waals surface area contributed by atoms with Gasteiger partial charge in [0, 0.05) is 38.4 Å². The minimum atomic E-state index is 0.589. The van der Waals surface area contributed by atoms with Crippen molar-refractivity contribution in [1.29, 1.82) is 0 Å². The topological polar surface area (TPSA) is 88.8 Å². The molecule has 0 atom stereocenters. The monoisotopic (exact) mass is 290 g/mol. The van der Waals surface area contributed by atoms with Gasteiger partial charge in [0.1, 0.15) is 17.5 Å². The molecule has 0 aromatic carbocycles. The minimum absolute atomic E-state index is 0.589. The number of aromatic nitrogens is 4. The zero-order valence-corrected chi connectivity index (χ0v) is 13.0. The Morgan fingerprint density at radius 3 is 2.24 bits per heavy atom. The summed E-state index contributed by atoms with van der Waals surface area (Å²) in [5.41, 5.74) is 1.03. The van der Waals surface area contributed by atoms with Gasteiger partial charge < -0.3 is 15.2 Å². The maximum absolute atomic E-state index is 4.95. The van der Waals surface area contributed by atoms with Crippen molar-refractivity contribution in [3.05, 3.63) is 23.1 Å². The average Bonchev–Trinajstić information content (AvgIpc) is 2.88. The van der Waals surface area contributed by atoms with Crippen molar-refractivity contribution in [1.82, 2.24) is 20.1 Å². The highest BCUT2D eigenvalue weighted by atomic mass is 16.5. The highest BCUT2D eigenvalue weighted by Crippen LogP contribution is 2.20. The van der Waals surface area contributed by atoms with Gasteiger partial charge in [0.15, 0.2) is 5.82 Å². The lowest BCUT2D eigenvalue weighted by Crippen LogP contribution is -2.13. The summed E-state index contributed by atoms with van der Waals surface area (Å²) in [5.74, 6) is 3.87. The molecule has 0 saturated carbocycles. The molecule has 0 fully saturated rings. The third kappa shape index (κ3) is 3.90. The van der Waals surface area contributed by atoms with Crippen LogP contribution in [-0.4, -0.2) is 33.2 Å². The first-order valence-electron chi connectivity index (χ1n) is 7.28. The molecule has 2 rings (SSSR count). The van der Waals surface area contributed by atoms with Gasteiger partial charge in [0.25, 0.3) is 0 Å². The predicted molar refractivity (Wildman–Crippen MR) is 81.5 cm³/mol. The summed E-state index contributed by atoms with van der Waals surface area (Å²) in [6, 6.07) is 0. The Labute approximate surface area is 124 Å². The standard InChI is InChI=1S/C14H22N6O/c1-5-11-18-13(15-6-2)9(3)14(19-11)16-8-7-12-17-10(4)21-20-12/h5-8H2,1-4H3,(H2,15,16,18,19). The second-order valence-electron chi connectivity index (χ2n) is 4.75. The fourth-order valence-corrected chi connectivity index (χ4v) is 1.97. The fraction of sp³-hybridized carbons (Fsp3) is 0.571. The average molecular weight is 290 g/mol. The first-order valence-corrected chi connectivity index (χ1v) is 7.28. The van der Waals surface area contributed by atoms with Gasteiger partial charge in [0.05, 0.1) is 0 Å². The molecule has 0 unspecified atom stereocenters. The SMILES string of the molecule is CCNc1nc(CC)nc(NCCc2noc(C)n2)c1C. The second kappa shape index (κ2) is 7.01. The van der Waals surface area contributed by atoms with E-state index in [1.54, 1.807) is 6.92 Å². The number of anilines is 2. The van der Waals surface area contributed by atoms with Gasteiger partial charge in [-0.15, -0.1) is 0 Å². The molecule has 0 aliphatic heterocycles. The van der Waals surface area contributed by atoms with E-state index in [2.05, 4.69) is 37.7 Å². The van der Waals surface area contributed by atoms with Gasteiger partial charge in [-0.1, -0.05) is 12.1 Å². The summed E-state index contributed by atoms with van der Waals surface area (Å²) in [5, 5.41) is 10.5. The van der Waals surface area contributed by atoms with Crippen LogP contribution in [0.1, 0.15) is 37.0 Å². The smallest absolute Gasteiger partial charge is 0.223 e. The first kappa shape index (κ1) is 15.2. The molecule has 2 aromatic heterocycles. The van der Waals surface area contributed by atoms with Crippen LogP contribution in [0.5, 0.6) is 0 Å². The lowest BCUT2D eigenvalue weighted by Gasteiger charge is -2.13. The van der Waals surface area contributed by atoms with Crippen molar-refractivity contribution in [2.24, 2.45) is 0 Å². The largest absolute Gasteiger partial charge is 0.370 e. The van der Waals surface area contributed by atoms with Crippen LogP contribution in [0.25, 0.3) is 0 Å². The van der Waals surface area contributed by atoms with E-state index in [4.69, 9.17) is 4.52 Å². The third-order valence-corrected chi connectivity index (χ3v) is 3.06. The first-order chi connectivity index (χ1) is 10.1. The number of hydrogen-bond acceptors (Lipinski definition) is 7. The van der Waals surface area contributed by atoms with E-state index in [0.717, 1.165) is 36.0 Å². The van der Waals surface area contributed by atoms with E-state index in [9.17, 15) is 0 Å². The summed E-state index contributed by atoms with van der Waals surface area (Å²) < 4.78 is 4.95. The summed E-state index contributed by atoms with van der Waals surface area (Å²) >= 11 is 0. The molecular weight excluding hydrogens is 268 g/mol. The summed E-state index contributed by atoms with van der Waals surface area (Å²) in [6.45, 7) is 9.44. The van der Waals surface area contributed by atoms with Crippen LogP contribution >= 0.6 is 0 Å². The molecule has 0 radical (unpaired) electrons. The van der Waals surface area contributed by atoms with E-state index in [0.29, 0.717) is 24.7 Å². The molecule has 0 spiro atoms. The lowest BCUT2D eigenvalue weighted by atomic mass is 10.2. The molecule has 0 saturated heterocycles. The van der Waals surface area contributed by atoms with Crippen molar-refractivity contribution < 1.29 is 4.52 Å². The normalized spacial score (nSPS) is 10.7. The number of nitrogens with zero attached hydrogens (tertiary/aromatic N) is 4. The third-order valence-electron chi connectivity index (χ3n) is 3.06. The zero-order valence-electron chi connectivity index (χ0n) is 13.0. The number of hydrogen-bond donors (Lipinski definition) is 2. The number of nitrogens with one attached hydrogen (secondary N) is 2. The van der Waals surface area contributed by atoms with E-state index in [1.807, 2.05) is 13.8 Å².